The number of rotatable bonds is 2. The van der Waals surface area contributed by atoms with Crippen LogP contribution in [0.25, 0.3) is 0 Å². The van der Waals surface area contributed by atoms with Crippen LogP contribution in [0.15, 0.2) is 24.3 Å². The largest absolute Gasteiger partial charge is 0.508 e. The molecular formula is C16H23NO. The first-order valence-electron chi connectivity index (χ1n) is 7.30. The SMILES string of the molecule is CC(c1ccc(O)cc1)N1CCC2CCCCC21. The van der Waals surface area contributed by atoms with Gasteiger partial charge in [0.05, 0.1) is 0 Å². The van der Waals surface area contributed by atoms with Gasteiger partial charge >= 0.3 is 0 Å². The van der Waals surface area contributed by atoms with E-state index >= 15 is 0 Å². The second kappa shape index (κ2) is 4.93. The van der Waals surface area contributed by atoms with Crippen molar-refractivity contribution in [2.24, 2.45) is 5.92 Å². The normalized spacial score (nSPS) is 30.1. The second-order valence-corrected chi connectivity index (χ2v) is 5.91. The third-order valence-electron chi connectivity index (χ3n) is 4.93. The lowest BCUT2D eigenvalue weighted by Gasteiger charge is -2.35. The van der Waals surface area contributed by atoms with E-state index in [9.17, 15) is 5.11 Å². The Morgan fingerprint density at radius 1 is 1.11 bits per heavy atom. The number of nitrogens with zero attached hydrogens (tertiary/aromatic N) is 1. The average molecular weight is 245 g/mol. The Labute approximate surface area is 110 Å². The van der Waals surface area contributed by atoms with Crippen LogP contribution in [0.5, 0.6) is 5.75 Å². The molecule has 0 spiro atoms. The van der Waals surface area contributed by atoms with E-state index < -0.39 is 0 Å². The van der Waals surface area contributed by atoms with Gasteiger partial charge in [-0.25, -0.2) is 0 Å². The van der Waals surface area contributed by atoms with E-state index in [0.29, 0.717) is 11.8 Å². The first-order chi connectivity index (χ1) is 8.75. The first-order valence-corrected chi connectivity index (χ1v) is 7.30. The number of phenolic OH excluding ortho intramolecular Hbond substituents is 1. The molecule has 1 saturated carbocycles. The number of fused-ring (bicyclic) bond motifs is 1. The Balaban J connectivity index is 1.76. The predicted molar refractivity (Wildman–Crippen MR) is 73.6 cm³/mol. The van der Waals surface area contributed by atoms with Crippen molar-refractivity contribution in [1.82, 2.24) is 4.90 Å². The number of hydrogen-bond acceptors (Lipinski definition) is 2. The standard InChI is InChI=1S/C16H23NO/c1-12(13-6-8-15(18)9-7-13)17-11-10-14-4-2-3-5-16(14)17/h6-9,12,14,16,18H,2-5,10-11H2,1H3. The first kappa shape index (κ1) is 12.0. The van der Waals surface area contributed by atoms with Gasteiger partial charge in [-0.1, -0.05) is 25.0 Å². The lowest BCUT2D eigenvalue weighted by molar-refractivity contribution is 0.141. The molecule has 3 unspecified atom stereocenters. The van der Waals surface area contributed by atoms with Crippen LogP contribution in [0.1, 0.15) is 50.6 Å². The van der Waals surface area contributed by atoms with Gasteiger partial charge in [-0.2, -0.15) is 0 Å². The molecule has 3 atom stereocenters. The lowest BCUT2D eigenvalue weighted by Crippen LogP contribution is -2.36. The van der Waals surface area contributed by atoms with Gasteiger partial charge in [0.1, 0.15) is 5.75 Å². The molecule has 0 radical (unpaired) electrons. The van der Waals surface area contributed by atoms with Crippen molar-refractivity contribution in [1.29, 1.82) is 0 Å². The molecule has 2 heteroatoms. The molecular weight excluding hydrogens is 222 g/mol. The number of hydrogen-bond donors (Lipinski definition) is 1. The van der Waals surface area contributed by atoms with E-state index in [0.717, 1.165) is 12.0 Å². The third-order valence-corrected chi connectivity index (χ3v) is 4.93. The van der Waals surface area contributed by atoms with Crippen molar-refractivity contribution >= 4 is 0 Å². The van der Waals surface area contributed by atoms with Gasteiger partial charge in [0, 0.05) is 12.1 Å². The van der Waals surface area contributed by atoms with E-state index in [1.54, 1.807) is 12.1 Å². The van der Waals surface area contributed by atoms with Crippen LogP contribution in [0.4, 0.5) is 0 Å². The highest BCUT2D eigenvalue weighted by atomic mass is 16.3. The fourth-order valence-corrected chi connectivity index (χ4v) is 3.87. The number of likely N-dealkylation sites (tertiary alicyclic amines) is 1. The maximum Gasteiger partial charge on any atom is 0.115 e. The van der Waals surface area contributed by atoms with E-state index in [2.05, 4.69) is 24.0 Å². The van der Waals surface area contributed by atoms with Gasteiger partial charge in [-0.3, -0.25) is 4.90 Å². The van der Waals surface area contributed by atoms with Crippen LogP contribution in [-0.4, -0.2) is 22.6 Å². The van der Waals surface area contributed by atoms with Crippen LogP contribution >= 0.6 is 0 Å². The lowest BCUT2D eigenvalue weighted by atomic mass is 9.85. The van der Waals surface area contributed by atoms with Crippen molar-refractivity contribution < 1.29 is 5.11 Å². The Hall–Kier alpha value is -1.02. The zero-order chi connectivity index (χ0) is 12.5. The molecule has 0 aromatic heterocycles. The van der Waals surface area contributed by atoms with Crippen molar-refractivity contribution in [3.63, 3.8) is 0 Å². The molecule has 3 rings (SSSR count). The molecule has 1 aliphatic carbocycles. The number of aromatic hydroxyl groups is 1. The molecule has 98 valence electrons. The molecule has 2 fully saturated rings. The zero-order valence-corrected chi connectivity index (χ0v) is 11.2. The summed E-state index contributed by atoms with van der Waals surface area (Å²) < 4.78 is 0. The van der Waals surface area contributed by atoms with E-state index in [4.69, 9.17) is 0 Å². The zero-order valence-electron chi connectivity index (χ0n) is 11.2. The maximum absolute atomic E-state index is 9.38. The number of benzene rings is 1. The van der Waals surface area contributed by atoms with E-state index in [-0.39, 0.29) is 0 Å². The van der Waals surface area contributed by atoms with Gasteiger partial charge in [0.25, 0.3) is 0 Å². The molecule has 2 aliphatic rings. The number of phenols is 1. The minimum Gasteiger partial charge on any atom is -0.508 e. The third kappa shape index (κ3) is 2.14. The summed E-state index contributed by atoms with van der Waals surface area (Å²) in [6, 6.07) is 9.04. The fraction of sp³-hybridized carbons (Fsp3) is 0.625. The molecule has 1 aromatic rings. The van der Waals surface area contributed by atoms with Crippen molar-refractivity contribution in [2.45, 2.75) is 51.1 Å². The molecule has 1 aromatic carbocycles. The van der Waals surface area contributed by atoms with Crippen LogP contribution in [-0.2, 0) is 0 Å². The average Bonchev–Trinajstić information content (AvgIpc) is 2.82. The van der Waals surface area contributed by atoms with Crippen molar-refractivity contribution in [2.75, 3.05) is 6.54 Å². The summed E-state index contributed by atoms with van der Waals surface area (Å²) in [5.74, 6) is 1.31. The molecule has 1 aliphatic heterocycles. The maximum atomic E-state index is 9.38. The van der Waals surface area contributed by atoms with Gasteiger partial charge in [0.2, 0.25) is 0 Å². The summed E-state index contributed by atoms with van der Waals surface area (Å²) in [6.45, 7) is 3.56. The Morgan fingerprint density at radius 3 is 2.61 bits per heavy atom. The van der Waals surface area contributed by atoms with Crippen molar-refractivity contribution in [3.05, 3.63) is 29.8 Å². The highest BCUT2D eigenvalue weighted by molar-refractivity contribution is 5.28. The van der Waals surface area contributed by atoms with E-state index in [1.807, 2.05) is 0 Å². The monoisotopic (exact) mass is 245 g/mol. The van der Waals surface area contributed by atoms with Crippen LogP contribution < -0.4 is 0 Å². The summed E-state index contributed by atoms with van der Waals surface area (Å²) in [6.07, 6.45) is 7.03. The Kier molecular flexibility index (Phi) is 3.29. The summed E-state index contributed by atoms with van der Waals surface area (Å²) in [4.78, 5) is 2.69. The molecule has 1 saturated heterocycles. The van der Waals surface area contributed by atoms with Crippen molar-refractivity contribution in [3.8, 4) is 5.75 Å². The highest BCUT2D eigenvalue weighted by Gasteiger charge is 2.37. The smallest absolute Gasteiger partial charge is 0.115 e. The summed E-state index contributed by atoms with van der Waals surface area (Å²) in [5, 5.41) is 9.38. The predicted octanol–water partition coefficient (Wildman–Crippen LogP) is 3.72. The minimum absolute atomic E-state index is 0.364. The van der Waals surface area contributed by atoms with Crippen LogP contribution in [0.3, 0.4) is 0 Å². The van der Waals surface area contributed by atoms with Gasteiger partial charge in [-0.15, -0.1) is 0 Å². The molecule has 18 heavy (non-hydrogen) atoms. The van der Waals surface area contributed by atoms with Gasteiger partial charge in [-0.05, 0) is 56.3 Å². The summed E-state index contributed by atoms with van der Waals surface area (Å²) in [7, 11) is 0. The fourth-order valence-electron chi connectivity index (χ4n) is 3.87. The van der Waals surface area contributed by atoms with Gasteiger partial charge in [0.15, 0.2) is 0 Å². The molecule has 1 heterocycles. The molecule has 0 amide bonds. The topological polar surface area (TPSA) is 23.5 Å². The molecule has 2 nitrogen and oxygen atoms in total. The van der Waals surface area contributed by atoms with Crippen LogP contribution in [0.2, 0.25) is 0 Å². The minimum atomic E-state index is 0.364. The second-order valence-electron chi connectivity index (χ2n) is 5.91. The highest BCUT2D eigenvalue weighted by Crippen LogP contribution is 2.40. The quantitative estimate of drug-likeness (QED) is 0.858. The van der Waals surface area contributed by atoms with Crippen LogP contribution in [0, 0.1) is 5.92 Å². The van der Waals surface area contributed by atoms with E-state index in [1.165, 1.54) is 44.2 Å². The summed E-state index contributed by atoms with van der Waals surface area (Å²) >= 11 is 0. The Bertz CT molecular complexity index is 400. The summed E-state index contributed by atoms with van der Waals surface area (Å²) in [5.41, 5.74) is 1.33. The van der Waals surface area contributed by atoms with Gasteiger partial charge < -0.3 is 5.11 Å². The molecule has 0 bridgehead atoms. The molecule has 1 N–H and O–H groups in total. The Morgan fingerprint density at radius 2 is 1.83 bits per heavy atom.